The van der Waals surface area contributed by atoms with Crippen LogP contribution in [0.25, 0.3) is 0 Å². The van der Waals surface area contributed by atoms with E-state index in [4.69, 9.17) is 14.2 Å². The van der Waals surface area contributed by atoms with Gasteiger partial charge in [0.25, 0.3) is 0 Å². The van der Waals surface area contributed by atoms with Crippen molar-refractivity contribution in [1.82, 2.24) is 4.90 Å². The highest BCUT2D eigenvalue weighted by Gasteiger charge is 2.64. The molecule has 1 heterocycles. The van der Waals surface area contributed by atoms with Crippen molar-refractivity contribution in [2.24, 2.45) is 16.7 Å². The number of rotatable bonds is 8. The molecule has 0 spiro atoms. The summed E-state index contributed by atoms with van der Waals surface area (Å²) < 4.78 is 17.1. The zero-order chi connectivity index (χ0) is 28.0. The first-order valence-electron chi connectivity index (χ1n) is 12.8. The zero-order valence-corrected chi connectivity index (χ0v) is 22.4. The van der Waals surface area contributed by atoms with Crippen LogP contribution in [0.15, 0.2) is 59.6 Å². The van der Waals surface area contributed by atoms with E-state index < -0.39 is 52.4 Å². The van der Waals surface area contributed by atoms with Gasteiger partial charge < -0.3 is 24.2 Å². The Balaban J connectivity index is 2.02. The minimum Gasteiger partial charge on any atom is -0.504 e. The summed E-state index contributed by atoms with van der Waals surface area (Å²) in [7, 11) is 1.46. The van der Waals surface area contributed by atoms with Crippen LogP contribution >= 0.6 is 0 Å². The van der Waals surface area contributed by atoms with Gasteiger partial charge in [-0.3, -0.25) is 14.4 Å². The number of hydrogen-bond donors (Lipinski definition) is 1. The molecule has 0 amide bonds. The lowest BCUT2D eigenvalue weighted by Gasteiger charge is -2.53. The first kappa shape index (κ1) is 27.6. The second-order valence-electron chi connectivity index (χ2n) is 10.7. The second-order valence-corrected chi connectivity index (χ2v) is 10.7. The molecule has 0 aromatic heterocycles. The van der Waals surface area contributed by atoms with Gasteiger partial charge in [-0.15, -0.1) is 13.2 Å². The minimum absolute atomic E-state index is 0.00740. The summed E-state index contributed by atoms with van der Waals surface area (Å²) in [6, 6.07) is 0. The second kappa shape index (κ2) is 10.0. The van der Waals surface area contributed by atoms with E-state index in [-0.39, 0.29) is 42.0 Å². The van der Waals surface area contributed by atoms with E-state index >= 15 is 0 Å². The van der Waals surface area contributed by atoms with Crippen LogP contribution in [0.1, 0.15) is 40.0 Å². The largest absolute Gasteiger partial charge is 0.504 e. The standard InChI is InChI=1S/C29H35NO8/c1-7-11-30(12-8-2)14-17-23-26(34)25(33)22-18-9-10-20(32)28(18,4)13-19(37-16(3)31)24(22)29(23,5)21(15-36-6)38-27(17)35/h7-8,14,18-19,21,34H,1-2,9-13,15H2,3-6H3/t18-,19?,21+,28-,29-/m0/s1. The van der Waals surface area contributed by atoms with E-state index in [1.54, 1.807) is 30.9 Å². The lowest BCUT2D eigenvalue weighted by atomic mass is 9.53. The van der Waals surface area contributed by atoms with E-state index in [2.05, 4.69) is 13.2 Å². The summed E-state index contributed by atoms with van der Waals surface area (Å²) in [5, 5.41) is 11.5. The summed E-state index contributed by atoms with van der Waals surface area (Å²) in [6.07, 6.45) is 3.89. The van der Waals surface area contributed by atoms with Crippen molar-refractivity contribution in [3.05, 3.63) is 59.6 Å². The first-order chi connectivity index (χ1) is 17.9. The lowest BCUT2D eigenvalue weighted by Crippen LogP contribution is -2.57. The number of methoxy groups -OCH3 is 1. The maximum Gasteiger partial charge on any atom is 0.340 e. The third kappa shape index (κ3) is 4.04. The number of carbonyl (C=O) groups is 4. The van der Waals surface area contributed by atoms with Gasteiger partial charge in [-0.05, 0) is 18.9 Å². The number of Topliss-reactive ketones (excluding diaryl/α,β-unsaturated/α-hetero) is 2. The maximum absolute atomic E-state index is 14.0. The Morgan fingerprint density at radius 1 is 1.21 bits per heavy atom. The summed E-state index contributed by atoms with van der Waals surface area (Å²) >= 11 is 0. The molecule has 2 fully saturated rings. The van der Waals surface area contributed by atoms with Gasteiger partial charge >= 0.3 is 11.9 Å². The summed E-state index contributed by atoms with van der Waals surface area (Å²) in [5.41, 5.74) is -1.35. The number of nitrogens with zero attached hydrogens (tertiary/aromatic N) is 1. The molecule has 0 aromatic carbocycles. The Kier molecular flexibility index (Phi) is 7.27. The number of allylic oxidation sites excluding steroid dienone is 1. The number of esters is 2. The number of carbonyl (C=O) groups excluding carboxylic acids is 4. The van der Waals surface area contributed by atoms with Crippen LogP contribution in [0.4, 0.5) is 0 Å². The quantitative estimate of drug-likeness (QED) is 0.290. The molecule has 9 nitrogen and oxygen atoms in total. The van der Waals surface area contributed by atoms with E-state index in [0.29, 0.717) is 25.1 Å². The van der Waals surface area contributed by atoms with Gasteiger partial charge in [-0.25, -0.2) is 4.79 Å². The zero-order valence-electron chi connectivity index (χ0n) is 22.4. The number of aliphatic hydroxyl groups excluding tert-OH is 1. The fourth-order valence-electron chi connectivity index (χ4n) is 6.78. The molecule has 0 bridgehead atoms. The van der Waals surface area contributed by atoms with Crippen LogP contribution in [0.2, 0.25) is 0 Å². The van der Waals surface area contributed by atoms with Crippen molar-refractivity contribution in [3.8, 4) is 0 Å². The molecule has 1 unspecified atom stereocenters. The smallest absolute Gasteiger partial charge is 0.340 e. The molecule has 0 aromatic rings. The molecule has 9 heteroatoms. The van der Waals surface area contributed by atoms with Crippen molar-refractivity contribution < 1.29 is 38.5 Å². The molecule has 5 atom stereocenters. The molecule has 4 rings (SSSR count). The Morgan fingerprint density at radius 2 is 1.87 bits per heavy atom. The van der Waals surface area contributed by atoms with Crippen molar-refractivity contribution in [2.75, 3.05) is 26.8 Å². The van der Waals surface area contributed by atoms with Crippen LogP contribution in [-0.2, 0) is 33.4 Å². The number of hydrogen-bond acceptors (Lipinski definition) is 9. The summed E-state index contributed by atoms with van der Waals surface area (Å²) in [4.78, 5) is 54.3. The monoisotopic (exact) mass is 525 g/mol. The van der Waals surface area contributed by atoms with Gasteiger partial charge in [-0.2, -0.15) is 0 Å². The molecular weight excluding hydrogens is 490 g/mol. The van der Waals surface area contributed by atoms with Crippen LogP contribution in [0.3, 0.4) is 0 Å². The van der Waals surface area contributed by atoms with E-state index in [0.717, 1.165) is 0 Å². The van der Waals surface area contributed by atoms with Crippen LogP contribution < -0.4 is 0 Å². The van der Waals surface area contributed by atoms with Crippen molar-refractivity contribution in [2.45, 2.75) is 52.2 Å². The highest BCUT2D eigenvalue weighted by Crippen LogP contribution is 2.62. The molecule has 38 heavy (non-hydrogen) atoms. The van der Waals surface area contributed by atoms with Gasteiger partial charge in [0.15, 0.2) is 5.76 Å². The summed E-state index contributed by atoms with van der Waals surface area (Å²) in [6.45, 7) is 13.0. The first-order valence-corrected chi connectivity index (χ1v) is 12.8. The Morgan fingerprint density at radius 3 is 2.45 bits per heavy atom. The number of aliphatic hydroxyl groups is 1. The highest BCUT2D eigenvalue weighted by atomic mass is 16.6. The molecule has 1 saturated carbocycles. The normalized spacial score (nSPS) is 33.4. The number of fused-ring (bicyclic) bond motifs is 4. The van der Waals surface area contributed by atoms with Gasteiger partial charge in [-0.1, -0.05) is 19.1 Å². The molecule has 3 aliphatic carbocycles. The fourth-order valence-corrected chi connectivity index (χ4v) is 6.78. The average molecular weight is 526 g/mol. The molecule has 4 aliphatic rings. The molecule has 1 N–H and O–H groups in total. The number of ketones is 2. The van der Waals surface area contributed by atoms with Crippen LogP contribution in [0, 0.1) is 16.7 Å². The SMILES string of the molecule is C=CCN(C=C1C(=O)O[C@H](COC)[C@@]2(C)C1=C(O)C(=O)C1=C2C(OC(C)=O)C[C@]2(C)C(=O)CC[C@@H]12)CC=C. The van der Waals surface area contributed by atoms with Crippen molar-refractivity contribution >= 4 is 23.5 Å². The predicted octanol–water partition coefficient (Wildman–Crippen LogP) is 3.13. The van der Waals surface area contributed by atoms with Gasteiger partial charge in [0.05, 0.1) is 17.6 Å². The molecule has 1 aliphatic heterocycles. The molecule has 1 saturated heterocycles. The predicted molar refractivity (Wildman–Crippen MR) is 138 cm³/mol. The average Bonchev–Trinajstić information content (AvgIpc) is 3.13. The number of cyclic esters (lactones) is 1. The molecule has 204 valence electrons. The van der Waals surface area contributed by atoms with Gasteiger partial charge in [0, 0.05) is 68.6 Å². The van der Waals surface area contributed by atoms with Crippen LogP contribution in [0.5, 0.6) is 0 Å². The third-order valence-electron chi connectivity index (χ3n) is 8.46. The van der Waals surface area contributed by atoms with Gasteiger partial charge in [0.1, 0.15) is 18.0 Å². The van der Waals surface area contributed by atoms with Gasteiger partial charge in [0.2, 0.25) is 5.78 Å². The lowest BCUT2D eigenvalue weighted by molar-refractivity contribution is -0.160. The van der Waals surface area contributed by atoms with E-state index in [9.17, 15) is 24.3 Å². The van der Waals surface area contributed by atoms with E-state index in [1.165, 1.54) is 20.2 Å². The fraction of sp³-hybridized carbons (Fsp3) is 0.517. The number of ether oxygens (including phenoxy) is 3. The molecular formula is C29H35NO8. The minimum atomic E-state index is -1.27. The topological polar surface area (TPSA) is 119 Å². The van der Waals surface area contributed by atoms with Crippen LogP contribution in [-0.4, -0.2) is 72.5 Å². The third-order valence-corrected chi connectivity index (χ3v) is 8.46. The maximum atomic E-state index is 14.0. The van der Waals surface area contributed by atoms with E-state index in [1.807, 2.05) is 0 Å². The van der Waals surface area contributed by atoms with Crippen molar-refractivity contribution in [1.29, 1.82) is 0 Å². The Labute approximate surface area is 222 Å². The molecule has 0 radical (unpaired) electrons. The Bertz CT molecular complexity index is 1200. The Hall–Kier alpha value is -3.46. The summed E-state index contributed by atoms with van der Waals surface area (Å²) in [5.74, 6) is -2.99. The van der Waals surface area contributed by atoms with Crippen molar-refractivity contribution in [3.63, 3.8) is 0 Å². The highest BCUT2D eigenvalue weighted by molar-refractivity contribution is 6.14.